The van der Waals surface area contributed by atoms with Crippen molar-refractivity contribution >= 4 is 15.9 Å². The van der Waals surface area contributed by atoms with E-state index < -0.39 is 26.8 Å². The Hall–Kier alpha value is -2.25. The maximum atomic E-state index is 13.8. The molecular formula is C19H23FN2O3S. The summed E-state index contributed by atoms with van der Waals surface area (Å²) in [5, 5.41) is 0. The highest BCUT2D eigenvalue weighted by atomic mass is 32.2. The molecule has 0 aromatic heterocycles. The molecule has 0 saturated carbocycles. The molecule has 0 heterocycles. The molecule has 7 heteroatoms. The molecular weight excluding hydrogens is 355 g/mol. The fourth-order valence-corrected chi connectivity index (χ4v) is 3.90. The zero-order valence-corrected chi connectivity index (χ0v) is 15.7. The van der Waals surface area contributed by atoms with Crippen LogP contribution in [0.1, 0.15) is 25.8 Å². The molecule has 0 aliphatic carbocycles. The van der Waals surface area contributed by atoms with Crippen molar-refractivity contribution in [1.82, 2.24) is 9.62 Å². The van der Waals surface area contributed by atoms with Gasteiger partial charge in [-0.1, -0.05) is 49.4 Å². The van der Waals surface area contributed by atoms with Gasteiger partial charge < -0.3 is 4.90 Å². The molecule has 0 aliphatic heterocycles. The fourth-order valence-electron chi connectivity index (χ4n) is 2.62. The minimum atomic E-state index is -4.13. The third-order valence-corrected chi connectivity index (χ3v) is 5.42. The Morgan fingerprint density at radius 3 is 2.35 bits per heavy atom. The average Bonchev–Trinajstić information content (AvgIpc) is 2.61. The molecule has 2 aromatic rings. The third kappa shape index (κ3) is 5.12. The topological polar surface area (TPSA) is 66.5 Å². The molecule has 140 valence electrons. The lowest BCUT2D eigenvalue weighted by Crippen LogP contribution is -2.47. The predicted octanol–water partition coefficient (Wildman–Crippen LogP) is 2.93. The maximum absolute atomic E-state index is 13.8. The van der Waals surface area contributed by atoms with E-state index in [1.54, 1.807) is 4.90 Å². The van der Waals surface area contributed by atoms with Crippen LogP contribution in [0.5, 0.6) is 0 Å². The van der Waals surface area contributed by atoms with Gasteiger partial charge in [0, 0.05) is 13.1 Å². The van der Waals surface area contributed by atoms with Crippen LogP contribution in [0.3, 0.4) is 0 Å². The van der Waals surface area contributed by atoms with Crippen molar-refractivity contribution in [2.75, 3.05) is 6.54 Å². The molecule has 5 nitrogen and oxygen atoms in total. The number of carbonyl (C=O) groups is 1. The molecule has 0 unspecified atom stereocenters. The van der Waals surface area contributed by atoms with Crippen molar-refractivity contribution in [2.45, 2.75) is 37.8 Å². The van der Waals surface area contributed by atoms with E-state index in [1.165, 1.54) is 25.1 Å². The van der Waals surface area contributed by atoms with Crippen LogP contribution >= 0.6 is 0 Å². The molecule has 26 heavy (non-hydrogen) atoms. The predicted molar refractivity (Wildman–Crippen MR) is 98.3 cm³/mol. The van der Waals surface area contributed by atoms with Gasteiger partial charge in [0.2, 0.25) is 15.9 Å². The van der Waals surface area contributed by atoms with Crippen LogP contribution in [0.4, 0.5) is 4.39 Å². The Kier molecular flexibility index (Phi) is 6.88. The van der Waals surface area contributed by atoms with Crippen LogP contribution in [0.15, 0.2) is 59.5 Å². The van der Waals surface area contributed by atoms with E-state index >= 15 is 0 Å². The molecule has 1 N–H and O–H groups in total. The van der Waals surface area contributed by atoms with Crippen LogP contribution in [-0.2, 0) is 21.4 Å². The Labute approximate surface area is 153 Å². The molecule has 0 bridgehead atoms. The Balaban J connectivity index is 2.14. The minimum Gasteiger partial charge on any atom is -0.337 e. The first kappa shape index (κ1) is 20.1. The highest BCUT2D eigenvalue weighted by Crippen LogP contribution is 2.14. The average molecular weight is 378 g/mol. The molecule has 0 spiro atoms. The lowest BCUT2D eigenvalue weighted by molar-refractivity contribution is -0.133. The Morgan fingerprint density at radius 1 is 1.12 bits per heavy atom. The number of halogens is 1. The summed E-state index contributed by atoms with van der Waals surface area (Å²) in [6.45, 7) is 4.30. The lowest BCUT2D eigenvalue weighted by Gasteiger charge is -2.26. The van der Waals surface area contributed by atoms with E-state index in [0.717, 1.165) is 18.1 Å². The summed E-state index contributed by atoms with van der Waals surface area (Å²) in [4.78, 5) is 13.9. The fraction of sp³-hybridized carbons (Fsp3) is 0.316. The third-order valence-electron chi connectivity index (χ3n) is 3.85. The second-order valence-corrected chi connectivity index (χ2v) is 7.70. The number of nitrogens with zero attached hydrogens (tertiary/aromatic N) is 1. The van der Waals surface area contributed by atoms with Gasteiger partial charge in [0.05, 0.1) is 6.04 Å². The van der Waals surface area contributed by atoms with Crippen LogP contribution in [-0.4, -0.2) is 31.8 Å². The molecule has 0 fully saturated rings. The standard InChI is InChI=1S/C19H23FN2O3S/c1-3-13-22(14-16-9-5-4-6-10-16)19(23)15(2)21-26(24,25)18-12-8-7-11-17(18)20/h4-12,15,21H,3,13-14H2,1-2H3/t15-/m1/s1. The largest absolute Gasteiger partial charge is 0.337 e. The Bertz CT molecular complexity index is 841. The number of carbonyl (C=O) groups excluding carboxylic acids is 1. The highest BCUT2D eigenvalue weighted by Gasteiger charge is 2.27. The maximum Gasteiger partial charge on any atom is 0.244 e. The van der Waals surface area contributed by atoms with Gasteiger partial charge in [-0.2, -0.15) is 4.72 Å². The van der Waals surface area contributed by atoms with Crippen LogP contribution < -0.4 is 4.72 Å². The molecule has 0 aliphatic rings. The van der Waals surface area contributed by atoms with Gasteiger partial charge in [0.15, 0.2) is 0 Å². The summed E-state index contributed by atoms with van der Waals surface area (Å²) in [6.07, 6.45) is 0.741. The van der Waals surface area contributed by atoms with Crippen molar-refractivity contribution in [3.63, 3.8) is 0 Å². The number of hydrogen-bond acceptors (Lipinski definition) is 3. The first-order valence-electron chi connectivity index (χ1n) is 8.44. The van der Waals surface area contributed by atoms with Gasteiger partial charge in [-0.3, -0.25) is 4.79 Å². The van der Waals surface area contributed by atoms with E-state index in [1.807, 2.05) is 37.3 Å². The first-order valence-corrected chi connectivity index (χ1v) is 9.93. The molecule has 1 atom stereocenters. The minimum absolute atomic E-state index is 0.351. The number of rotatable bonds is 8. The van der Waals surface area contributed by atoms with Crippen molar-refractivity contribution < 1.29 is 17.6 Å². The number of hydrogen-bond donors (Lipinski definition) is 1. The van der Waals surface area contributed by atoms with Gasteiger partial charge in [-0.05, 0) is 31.0 Å². The van der Waals surface area contributed by atoms with E-state index in [-0.39, 0.29) is 5.91 Å². The van der Waals surface area contributed by atoms with Crippen molar-refractivity contribution in [3.05, 3.63) is 66.0 Å². The van der Waals surface area contributed by atoms with Crippen LogP contribution in [0.2, 0.25) is 0 Å². The lowest BCUT2D eigenvalue weighted by atomic mass is 10.2. The number of sulfonamides is 1. The van der Waals surface area contributed by atoms with E-state index in [9.17, 15) is 17.6 Å². The van der Waals surface area contributed by atoms with Crippen molar-refractivity contribution in [2.24, 2.45) is 0 Å². The molecule has 2 rings (SSSR count). The second-order valence-electron chi connectivity index (χ2n) is 6.02. The summed E-state index contributed by atoms with van der Waals surface area (Å²) < 4.78 is 40.8. The smallest absolute Gasteiger partial charge is 0.244 e. The van der Waals surface area contributed by atoms with Gasteiger partial charge in [0.1, 0.15) is 10.7 Å². The zero-order chi connectivity index (χ0) is 19.2. The molecule has 2 aromatic carbocycles. The SMILES string of the molecule is CCCN(Cc1ccccc1)C(=O)[C@@H](C)NS(=O)(=O)c1ccccc1F. The monoisotopic (exact) mass is 378 g/mol. The molecule has 0 radical (unpaired) electrons. The summed E-state index contributed by atoms with van der Waals surface area (Å²) in [7, 11) is -4.13. The van der Waals surface area contributed by atoms with Crippen LogP contribution in [0.25, 0.3) is 0 Å². The number of benzene rings is 2. The van der Waals surface area contributed by atoms with E-state index in [2.05, 4.69) is 4.72 Å². The number of amides is 1. The van der Waals surface area contributed by atoms with Gasteiger partial charge in [0.25, 0.3) is 0 Å². The zero-order valence-electron chi connectivity index (χ0n) is 14.9. The normalized spacial score (nSPS) is 12.6. The Morgan fingerprint density at radius 2 is 1.73 bits per heavy atom. The summed E-state index contributed by atoms with van der Waals surface area (Å²) in [6, 6.07) is 13.5. The summed E-state index contributed by atoms with van der Waals surface area (Å²) >= 11 is 0. The van der Waals surface area contributed by atoms with Gasteiger partial charge >= 0.3 is 0 Å². The highest BCUT2D eigenvalue weighted by molar-refractivity contribution is 7.89. The summed E-state index contributed by atoms with van der Waals surface area (Å²) in [5.41, 5.74) is 0.957. The quantitative estimate of drug-likeness (QED) is 0.768. The molecule has 0 saturated heterocycles. The van der Waals surface area contributed by atoms with Crippen molar-refractivity contribution in [1.29, 1.82) is 0 Å². The van der Waals surface area contributed by atoms with Gasteiger partial charge in [-0.15, -0.1) is 0 Å². The van der Waals surface area contributed by atoms with Gasteiger partial charge in [-0.25, -0.2) is 12.8 Å². The van der Waals surface area contributed by atoms with E-state index in [0.29, 0.717) is 13.1 Å². The number of nitrogens with one attached hydrogen (secondary N) is 1. The van der Waals surface area contributed by atoms with Crippen molar-refractivity contribution in [3.8, 4) is 0 Å². The summed E-state index contributed by atoms with van der Waals surface area (Å²) in [5.74, 6) is -1.20. The first-order chi connectivity index (χ1) is 12.3. The van der Waals surface area contributed by atoms with Crippen LogP contribution in [0, 0.1) is 5.82 Å². The second kappa shape index (κ2) is 8.91. The molecule has 1 amide bonds. The van der Waals surface area contributed by atoms with E-state index in [4.69, 9.17) is 0 Å².